The van der Waals surface area contributed by atoms with Crippen LogP contribution < -0.4 is 5.32 Å². The number of nitrogens with one attached hydrogen (secondary N) is 1. The molecule has 0 fully saturated rings. The van der Waals surface area contributed by atoms with Gasteiger partial charge in [0.15, 0.2) is 0 Å². The molecular formula is C14H17Cl2N3. The van der Waals surface area contributed by atoms with Crippen LogP contribution in [-0.4, -0.2) is 9.78 Å². The van der Waals surface area contributed by atoms with E-state index in [1.165, 1.54) is 5.56 Å². The highest BCUT2D eigenvalue weighted by atomic mass is 35.5. The molecule has 0 aliphatic heterocycles. The molecule has 1 aromatic heterocycles. The zero-order valence-corrected chi connectivity index (χ0v) is 12.6. The third-order valence-electron chi connectivity index (χ3n) is 3.01. The normalized spacial score (nSPS) is 10.9. The highest BCUT2D eigenvalue weighted by molar-refractivity contribution is 6.35. The average Bonchev–Trinajstić information content (AvgIpc) is 2.73. The van der Waals surface area contributed by atoms with Gasteiger partial charge < -0.3 is 5.32 Å². The fourth-order valence-corrected chi connectivity index (χ4v) is 2.58. The van der Waals surface area contributed by atoms with Gasteiger partial charge >= 0.3 is 0 Å². The van der Waals surface area contributed by atoms with Gasteiger partial charge in [-0.2, -0.15) is 5.10 Å². The molecule has 5 heteroatoms. The lowest BCUT2D eigenvalue weighted by molar-refractivity contribution is 0.688. The van der Waals surface area contributed by atoms with Crippen molar-refractivity contribution >= 4 is 23.2 Å². The third kappa shape index (κ3) is 3.50. The van der Waals surface area contributed by atoms with Gasteiger partial charge in [0.25, 0.3) is 0 Å². The Labute approximate surface area is 123 Å². The molecule has 0 bridgehead atoms. The van der Waals surface area contributed by atoms with Crippen molar-refractivity contribution in [2.24, 2.45) is 7.05 Å². The molecule has 0 aliphatic carbocycles. The fraction of sp³-hybridized carbons (Fsp3) is 0.357. The zero-order valence-electron chi connectivity index (χ0n) is 11.1. The van der Waals surface area contributed by atoms with Gasteiger partial charge in [0, 0.05) is 47.5 Å². The molecule has 3 nitrogen and oxygen atoms in total. The number of nitrogens with zero attached hydrogens (tertiary/aromatic N) is 2. The Balaban J connectivity index is 2.00. The fourth-order valence-electron chi connectivity index (χ4n) is 2.05. The Morgan fingerprint density at radius 1 is 1.21 bits per heavy atom. The molecule has 2 rings (SSSR count). The van der Waals surface area contributed by atoms with Crippen molar-refractivity contribution in [3.05, 3.63) is 51.3 Å². The van der Waals surface area contributed by atoms with Gasteiger partial charge in [-0.3, -0.25) is 4.68 Å². The molecule has 1 heterocycles. The molecule has 0 saturated carbocycles. The van der Waals surface area contributed by atoms with Crippen molar-refractivity contribution in [3.63, 3.8) is 0 Å². The van der Waals surface area contributed by atoms with Crippen molar-refractivity contribution in [2.45, 2.75) is 26.4 Å². The van der Waals surface area contributed by atoms with Crippen LogP contribution in [0.1, 0.15) is 23.7 Å². The second-order valence-corrected chi connectivity index (χ2v) is 5.25. The first-order chi connectivity index (χ1) is 9.11. The Hall–Kier alpha value is -1.03. The molecule has 1 aromatic carbocycles. The summed E-state index contributed by atoms with van der Waals surface area (Å²) in [6.07, 6.45) is 2.98. The van der Waals surface area contributed by atoms with Crippen LogP contribution in [0.2, 0.25) is 10.0 Å². The van der Waals surface area contributed by atoms with Crippen LogP contribution in [0.5, 0.6) is 0 Å². The van der Waals surface area contributed by atoms with Crippen LogP contribution in [0.3, 0.4) is 0 Å². The van der Waals surface area contributed by atoms with Crippen molar-refractivity contribution < 1.29 is 0 Å². The van der Waals surface area contributed by atoms with Crippen molar-refractivity contribution in [1.82, 2.24) is 15.1 Å². The number of aryl methyl sites for hydroxylation is 2. The maximum Gasteiger partial charge on any atom is 0.0666 e. The summed E-state index contributed by atoms with van der Waals surface area (Å²) in [5, 5.41) is 9.17. The first-order valence-corrected chi connectivity index (χ1v) is 7.02. The predicted molar refractivity (Wildman–Crippen MR) is 79.6 cm³/mol. The van der Waals surface area contributed by atoms with E-state index in [0.29, 0.717) is 16.6 Å². The number of hydrogen-bond donors (Lipinski definition) is 1. The SMILES string of the molecule is CCc1nn(C)cc1CNCc1c(Cl)cccc1Cl. The molecule has 19 heavy (non-hydrogen) atoms. The van der Waals surface area contributed by atoms with Crippen molar-refractivity contribution in [3.8, 4) is 0 Å². The van der Waals surface area contributed by atoms with E-state index in [4.69, 9.17) is 23.2 Å². The van der Waals surface area contributed by atoms with E-state index in [-0.39, 0.29) is 0 Å². The van der Waals surface area contributed by atoms with Crippen molar-refractivity contribution in [1.29, 1.82) is 0 Å². The molecule has 0 spiro atoms. The van der Waals surface area contributed by atoms with Crippen LogP contribution in [0.4, 0.5) is 0 Å². The first kappa shape index (κ1) is 14.4. The summed E-state index contributed by atoms with van der Waals surface area (Å²) in [5.74, 6) is 0. The summed E-state index contributed by atoms with van der Waals surface area (Å²) in [6.45, 7) is 3.52. The van der Waals surface area contributed by atoms with Gasteiger partial charge in [-0.05, 0) is 18.6 Å². The lowest BCUT2D eigenvalue weighted by Crippen LogP contribution is -2.14. The van der Waals surface area contributed by atoms with E-state index in [2.05, 4.69) is 17.3 Å². The summed E-state index contributed by atoms with van der Waals surface area (Å²) < 4.78 is 1.85. The summed E-state index contributed by atoms with van der Waals surface area (Å²) >= 11 is 12.3. The molecule has 0 saturated heterocycles. The van der Waals surface area contributed by atoms with E-state index < -0.39 is 0 Å². The highest BCUT2D eigenvalue weighted by Crippen LogP contribution is 2.24. The first-order valence-electron chi connectivity index (χ1n) is 6.26. The van der Waals surface area contributed by atoms with Gasteiger partial charge in [-0.1, -0.05) is 36.2 Å². The van der Waals surface area contributed by atoms with Crippen LogP contribution in [-0.2, 0) is 26.6 Å². The van der Waals surface area contributed by atoms with E-state index in [1.807, 2.05) is 36.1 Å². The minimum Gasteiger partial charge on any atom is -0.308 e. The van der Waals surface area contributed by atoms with Crippen LogP contribution in [0.25, 0.3) is 0 Å². The Morgan fingerprint density at radius 3 is 2.53 bits per heavy atom. The molecule has 0 unspecified atom stereocenters. The average molecular weight is 298 g/mol. The van der Waals surface area contributed by atoms with Gasteiger partial charge in [0.1, 0.15) is 0 Å². The number of benzene rings is 1. The topological polar surface area (TPSA) is 29.9 Å². The van der Waals surface area contributed by atoms with Gasteiger partial charge in [-0.25, -0.2) is 0 Å². The van der Waals surface area contributed by atoms with E-state index in [9.17, 15) is 0 Å². The molecule has 0 radical (unpaired) electrons. The van der Waals surface area contributed by atoms with E-state index >= 15 is 0 Å². The Kier molecular flexibility index (Phi) is 4.86. The molecule has 1 N–H and O–H groups in total. The second-order valence-electron chi connectivity index (χ2n) is 4.43. The standard InChI is InChI=1S/C14H17Cl2N3/c1-3-14-10(9-19(2)18-14)7-17-8-11-12(15)5-4-6-13(11)16/h4-6,9,17H,3,7-8H2,1-2H3. The van der Waals surface area contributed by atoms with Gasteiger partial charge in [0.2, 0.25) is 0 Å². The maximum atomic E-state index is 6.13. The lowest BCUT2D eigenvalue weighted by atomic mass is 10.2. The highest BCUT2D eigenvalue weighted by Gasteiger charge is 2.07. The summed E-state index contributed by atoms with van der Waals surface area (Å²) in [6, 6.07) is 5.56. The number of halogens is 2. The van der Waals surface area contributed by atoms with E-state index in [0.717, 1.165) is 24.2 Å². The summed E-state index contributed by atoms with van der Waals surface area (Å²) in [4.78, 5) is 0. The monoisotopic (exact) mass is 297 g/mol. The smallest absolute Gasteiger partial charge is 0.0666 e. The van der Waals surface area contributed by atoms with Crippen LogP contribution in [0.15, 0.2) is 24.4 Å². The largest absolute Gasteiger partial charge is 0.308 e. The lowest BCUT2D eigenvalue weighted by Gasteiger charge is -2.08. The molecule has 102 valence electrons. The minimum atomic E-state index is 0.649. The molecule has 0 atom stereocenters. The quantitative estimate of drug-likeness (QED) is 0.914. The Bertz CT molecular complexity index is 544. The minimum absolute atomic E-state index is 0.649. The van der Waals surface area contributed by atoms with E-state index in [1.54, 1.807) is 0 Å². The number of rotatable bonds is 5. The summed E-state index contributed by atoms with van der Waals surface area (Å²) in [7, 11) is 1.94. The molecule has 0 amide bonds. The number of aromatic nitrogens is 2. The zero-order chi connectivity index (χ0) is 13.8. The van der Waals surface area contributed by atoms with Crippen LogP contribution in [0, 0.1) is 0 Å². The molecule has 2 aromatic rings. The van der Waals surface area contributed by atoms with Crippen molar-refractivity contribution in [2.75, 3.05) is 0 Å². The maximum absolute atomic E-state index is 6.13. The molecule has 0 aliphatic rings. The molecular weight excluding hydrogens is 281 g/mol. The van der Waals surface area contributed by atoms with Gasteiger partial charge in [-0.15, -0.1) is 0 Å². The number of hydrogen-bond acceptors (Lipinski definition) is 2. The summed E-state index contributed by atoms with van der Waals surface area (Å²) in [5.41, 5.74) is 3.28. The van der Waals surface area contributed by atoms with Gasteiger partial charge in [0.05, 0.1) is 5.69 Å². The van der Waals surface area contributed by atoms with Crippen LogP contribution >= 0.6 is 23.2 Å². The second kappa shape index (κ2) is 6.42. The third-order valence-corrected chi connectivity index (χ3v) is 3.71. The Morgan fingerprint density at radius 2 is 1.89 bits per heavy atom. The predicted octanol–water partition coefficient (Wildman–Crippen LogP) is 3.58.